The van der Waals surface area contributed by atoms with E-state index in [2.05, 4.69) is 13.8 Å². The van der Waals surface area contributed by atoms with Gasteiger partial charge in [-0.1, -0.05) is 25.0 Å². The highest BCUT2D eigenvalue weighted by Crippen LogP contribution is 2.44. The Morgan fingerprint density at radius 3 is 2.26 bits per heavy atom. The predicted molar refractivity (Wildman–Crippen MR) is 122 cm³/mol. The molecule has 0 radical (unpaired) electrons. The molecule has 0 amide bonds. The molecule has 35 heavy (non-hydrogen) atoms. The second-order valence-corrected chi connectivity index (χ2v) is 10.8. The molecule has 0 aromatic rings. The Bertz CT molecular complexity index is 726. The van der Waals surface area contributed by atoms with E-state index in [1.807, 2.05) is 6.92 Å². The molecule has 3 rings (SSSR count). The summed E-state index contributed by atoms with van der Waals surface area (Å²) in [5, 5.41) is 70.4. The highest BCUT2D eigenvalue weighted by Gasteiger charge is 2.47. The second-order valence-electron chi connectivity index (χ2n) is 10.8. The molecule has 0 unspecified atom stereocenters. The summed E-state index contributed by atoms with van der Waals surface area (Å²) in [7, 11) is 0. The van der Waals surface area contributed by atoms with Crippen molar-refractivity contribution in [2.24, 2.45) is 5.41 Å². The quantitative estimate of drug-likeness (QED) is 0.199. The van der Waals surface area contributed by atoms with Gasteiger partial charge in [0.25, 0.3) is 0 Å². The Morgan fingerprint density at radius 2 is 1.63 bits per heavy atom. The van der Waals surface area contributed by atoms with Crippen LogP contribution in [0.4, 0.5) is 0 Å². The first kappa shape index (κ1) is 28.9. The van der Waals surface area contributed by atoms with Crippen LogP contribution < -0.4 is 0 Å². The van der Waals surface area contributed by atoms with Crippen molar-refractivity contribution in [3.8, 4) is 0 Å². The lowest BCUT2D eigenvalue weighted by Crippen LogP contribution is -2.61. The van der Waals surface area contributed by atoms with E-state index >= 15 is 0 Å². The third-order valence-corrected chi connectivity index (χ3v) is 7.29. The fourth-order valence-corrected chi connectivity index (χ4v) is 5.28. The minimum atomic E-state index is -1.55. The van der Waals surface area contributed by atoms with Crippen LogP contribution in [-0.4, -0.2) is 116 Å². The number of hydrogen-bond donors (Lipinski definition) is 7. The van der Waals surface area contributed by atoms with Crippen molar-refractivity contribution in [1.82, 2.24) is 0 Å². The lowest BCUT2D eigenvalue weighted by atomic mass is 9.70. The zero-order valence-electron chi connectivity index (χ0n) is 20.9. The van der Waals surface area contributed by atoms with Crippen molar-refractivity contribution in [3.05, 3.63) is 11.1 Å². The monoisotopic (exact) mass is 506 g/mol. The average Bonchev–Trinajstić information content (AvgIpc) is 2.77. The van der Waals surface area contributed by atoms with Crippen molar-refractivity contribution in [2.45, 2.75) is 121 Å². The van der Waals surface area contributed by atoms with Crippen molar-refractivity contribution in [3.63, 3.8) is 0 Å². The van der Waals surface area contributed by atoms with Crippen LogP contribution in [0.25, 0.3) is 0 Å². The molecular formula is C24H42O11. The normalized spacial score (nSPS) is 43.3. The smallest absolute Gasteiger partial charge is 0.186 e. The van der Waals surface area contributed by atoms with Gasteiger partial charge in [0.2, 0.25) is 0 Å². The summed E-state index contributed by atoms with van der Waals surface area (Å²) in [6.07, 6.45) is -10.3. The van der Waals surface area contributed by atoms with Gasteiger partial charge in [0.15, 0.2) is 12.6 Å². The highest BCUT2D eigenvalue weighted by molar-refractivity contribution is 5.24. The Morgan fingerprint density at radius 1 is 0.971 bits per heavy atom. The minimum absolute atomic E-state index is 0.192. The fraction of sp³-hybridized carbons (Fsp3) is 0.917. The van der Waals surface area contributed by atoms with E-state index in [9.17, 15) is 35.7 Å². The third kappa shape index (κ3) is 6.79. The Labute approximate surface area is 205 Å². The molecule has 11 heteroatoms. The summed E-state index contributed by atoms with van der Waals surface area (Å²) in [4.78, 5) is 0. The molecule has 2 heterocycles. The third-order valence-electron chi connectivity index (χ3n) is 7.29. The Kier molecular flexibility index (Phi) is 9.72. The molecular weight excluding hydrogens is 464 g/mol. The van der Waals surface area contributed by atoms with Crippen LogP contribution in [0.2, 0.25) is 0 Å². The van der Waals surface area contributed by atoms with Crippen LogP contribution in [0.1, 0.15) is 53.4 Å². The van der Waals surface area contributed by atoms with Gasteiger partial charge in [-0.2, -0.15) is 0 Å². The number of rotatable bonds is 8. The van der Waals surface area contributed by atoms with E-state index in [1.54, 1.807) is 6.92 Å². The Hall–Kier alpha value is -0.700. The summed E-state index contributed by atoms with van der Waals surface area (Å²) in [6, 6.07) is 0. The van der Waals surface area contributed by atoms with Gasteiger partial charge in [0.05, 0.1) is 25.4 Å². The van der Waals surface area contributed by atoms with Gasteiger partial charge in [0.1, 0.15) is 42.7 Å². The summed E-state index contributed by atoms with van der Waals surface area (Å²) < 4.78 is 22.5. The van der Waals surface area contributed by atoms with Crippen molar-refractivity contribution in [2.75, 3.05) is 13.2 Å². The molecule has 2 saturated heterocycles. The second kappa shape index (κ2) is 11.8. The molecule has 0 spiro atoms. The standard InChI is InChI=1S/C24H42O11/c1-11-7-13(8-24(3,4)14(11)6-5-12(2)25)34-23-21(31)19(29)18(28)16(35-23)10-33-22-20(30)17(27)15(26)9-32-22/h12-13,15-23,25-31H,5-10H2,1-4H3/t12-,13+,15+,16-,17+,18-,19+,20-,21-,22+,23-/m1/s1. The van der Waals surface area contributed by atoms with E-state index in [0.29, 0.717) is 19.3 Å². The molecule has 3 aliphatic rings. The summed E-state index contributed by atoms with van der Waals surface area (Å²) >= 11 is 0. The van der Waals surface area contributed by atoms with Crippen LogP contribution in [0.3, 0.4) is 0 Å². The van der Waals surface area contributed by atoms with Gasteiger partial charge in [-0.15, -0.1) is 0 Å². The van der Waals surface area contributed by atoms with E-state index < -0.39 is 55.3 Å². The maximum Gasteiger partial charge on any atom is 0.186 e. The van der Waals surface area contributed by atoms with E-state index in [0.717, 1.165) is 12.0 Å². The van der Waals surface area contributed by atoms with Gasteiger partial charge < -0.3 is 54.7 Å². The number of aliphatic hydroxyl groups is 7. The first-order valence-electron chi connectivity index (χ1n) is 12.3. The maximum absolute atomic E-state index is 10.5. The van der Waals surface area contributed by atoms with Gasteiger partial charge >= 0.3 is 0 Å². The predicted octanol–water partition coefficient (Wildman–Crippen LogP) is -1.07. The van der Waals surface area contributed by atoms with Crippen LogP contribution in [0.15, 0.2) is 11.1 Å². The Balaban J connectivity index is 1.62. The zero-order valence-corrected chi connectivity index (χ0v) is 20.9. The van der Waals surface area contributed by atoms with Gasteiger partial charge in [-0.25, -0.2) is 0 Å². The molecule has 2 fully saturated rings. The topological polar surface area (TPSA) is 179 Å². The lowest BCUT2D eigenvalue weighted by Gasteiger charge is -2.44. The largest absolute Gasteiger partial charge is 0.393 e. The molecule has 11 nitrogen and oxygen atoms in total. The fourth-order valence-electron chi connectivity index (χ4n) is 5.28. The maximum atomic E-state index is 10.5. The molecule has 0 saturated carbocycles. The van der Waals surface area contributed by atoms with Gasteiger partial charge in [0, 0.05) is 0 Å². The molecule has 7 N–H and O–H groups in total. The van der Waals surface area contributed by atoms with E-state index in [1.165, 1.54) is 5.57 Å². The lowest BCUT2D eigenvalue weighted by molar-refractivity contribution is -0.328. The van der Waals surface area contributed by atoms with Crippen LogP contribution in [-0.2, 0) is 18.9 Å². The first-order valence-corrected chi connectivity index (χ1v) is 12.3. The number of allylic oxidation sites excluding steroid dienone is 1. The van der Waals surface area contributed by atoms with E-state index in [-0.39, 0.29) is 30.8 Å². The highest BCUT2D eigenvalue weighted by atomic mass is 16.7. The van der Waals surface area contributed by atoms with Gasteiger partial charge in [-0.3, -0.25) is 0 Å². The minimum Gasteiger partial charge on any atom is -0.393 e. The molecule has 2 aliphatic heterocycles. The van der Waals surface area contributed by atoms with Crippen LogP contribution in [0.5, 0.6) is 0 Å². The molecule has 204 valence electrons. The number of aliphatic hydroxyl groups excluding tert-OH is 7. The first-order chi connectivity index (χ1) is 16.3. The van der Waals surface area contributed by atoms with Crippen molar-refractivity contribution >= 4 is 0 Å². The number of ether oxygens (including phenoxy) is 4. The molecule has 11 atom stereocenters. The average molecular weight is 507 g/mol. The van der Waals surface area contributed by atoms with Crippen molar-refractivity contribution < 1.29 is 54.7 Å². The SMILES string of the molecule is CC1=C(CC[C@@H](C)O)C(C)(C)C[C@@H](O[C@@H]2O[C@H](CO[C@@H]3OC[C@H](O)[C@H](O)[C@H]3O)[C@@H](O)[C@H](O)[C@H]2O)C1. The summed E-state index contributed by atoms with van der Waals surface area (Å²) in [5.74, 6) is 0. The van der Waals surface area contributed by atoms with E-state index in [4.69, 9.17) is 18.9 Å². The zero-order chi connectivity index (χ0) is 26.1. The van der Waals surface area contributed by atoms with Crippen LogP contribution >= 0.6 is 0 Å². The molecule has 1 aliphatic carbocycles. The summed E-state index contributed by atoms with van der Waals surface area (Å²) in [5.41, 5.74) is 2.24. The van der Waals surface area contributed by atoms with Crippen LogP contribution in [0, 0.1) is 5.41 Å². The molecule has 0 aromatic heterocycles. The molecule has 0 bridgehead atoms. The van der Waals surface area contributed by atoms with Gasteiger partial charge in [-0.05, 0) is 44.9 Å². The number of hydrogen-bond acceptors (Lipinski definition) is 11. The molecule has 0 aromatic carbocycles. The summed E-state index contributed by atoms with van der Waals surface area (Å²) in [6.45, 7) is 7.45. The van der Waals surface area contributed by atoms with Crippen molar-refractivity contribution in [1.29, 1.82) is 0 Å².